The van der Waals surface area contributed by atoms with Crippen LogP contribution in [0.1, 0.15) is 27.0 Å². The number of nitrogens with one attached hydrogen (secondary N) is 1. The Morgan fingerprint density at radius 3 is 2.18 bits per heavy atom. The highest BCUT2D eigenvalue weighted by atomic mass is 32.2. The van der Waals surface area contributed by atoms with Crippen molar-refractivity contribution in [2.24, 2.45) is 0 Å². The van der Waals surface area contributed by atoms with Gasteiger partial charge in [-0.05, 0) is 61.2 Å². The Labute approximate surface area is 164 Å². The lowest BCUT2D eigenvalue weighted by molar-refractivity contribution is 0.0695. The minimum absolute atomic E-state index is 0.215. The minimum Gasteiger partial charge on any atom is -0.478 e. The second-order valence-electron chi connectivity index (χ2n) is 6.58. The molecule has 3 aromatic rings. The van der Waals surface area contributed by atoms with Gasteiger partial charge in [-0.1, -0.05) is 48.0 Å². The molecule has 0 atom stereocenters. The lowest BCUT2D eigenvalue weighted by Gasteiger charge is -2.10. The average molecular weight is 395 g/mol. The number of aromatic carboxylic acids is 1. The molecule has 5 nitrogen and oxygen atoms in total. The van der Waals surface area contributed by atoms with Gasteiger partial charge in [-0.15, -0.1) is 0 Å². The molecule has 3 aromatic carbocycles. The third-order valence-electron chi connectivity index (χ3n) is 4.47. The predicted molar refractivity (Wildman–Crippen MR) is 109 cm³/mol. The summed E-state index contributed by atoms with van der Waals surface area (Å²) in [6.45, 7) is 1.90. The molecule has 0 spiro atoms. The van der Waals surface area contributed by atoms with Crippen LogP contribution in [-0.4, -0.2) is 19.5 Å². The highest BCUT2D eigenvalue weighted by molar-refractivity contribution is 7.92. The van der Waals surface area contributed by atoms with Crippen molar-refractivity contribution in [3.05, 3.63) is 95.1 Å². The number of carboxylic acid groups (broad SMARTS) is 1. The third-order valence-corrected chi connectivity index (χ3v) is 5.87. The normalized spacial score (nSPS) is 11.2. The predicted octanol–water partition coefficient (Wildman–Crippen LogP) is 4.28. The van der Waals surface area contributed by atoms with E-state index in [0.29, 0.717) is 24.1 Å². The summed E-state index contributed by atoms with van der Waals surface area (Å²) in [4.78, 5) is 11.5. The number of aryl methyl sites for hydroxylation is 3. The van der Waals surface area contributed by atoms with E-state index in [0.717, 1.165) is 16.7 Å². The maximum Gasteiger partial charge on any atom is 0.335 e. The minimum atomic E-state index is -3.63. The van der Waals surface area contributed by atoms with Gasteiger partial charge in [0, 0.05) is 5.69 Å². The average Bonchev–Trinajstić information content (AvgIpc) is 2.67. The highest BCUT2D eigenvalue weighted by Crippen LogP contribution is 2.18. The van der Waals surface area contributed by atoms with Gasteiger partial charge in [0.25, 0.3) is 10.0 Å². The van der Waals surface area contributed by atoms with Gasteiger partial charge in [0.05, 0.1) is 10.5 Å². The Morgan fingerprint density at radius 1 is 0.893 bits per heavy atom. The number of hydrogen-bond acceptors (Lipinski definition) is 3. The van der Waals surface area contributed by atoms with E-state index in [-0.39, 0.29) is 4.90 Å². The van der Waals surface area contributed by atoms with Gasteiger partial charge < -0.3 is 5.11 Å². The van der Waals surface area contributed by atoms with Gasteiger partial charge in [0.1, 0.15) is 0 Å². The fourth-order valence-electron chi connectivity index (χ4n) is 2.90. The molecule has 3 rings (SSSR count). The smallest absolute Gasteiger partial charge is 0.335 e. The Morgan fingerprint density at radius 2 is 1.54 bits per heavy atom. The van der Waals surface area contributed by atoms with E-state index in [2.05, 4.69) is 4.72 Å². The van der Waals surface area contributed by atoms with Crippen molar-refractivity contribution < 1.29 is 18.3 Å². The summed E-state index contributed by atoms with van der Waals surface area (Å²) >= 11 is 0. The molecule has 0 saturated carbocycles. The summed E-state index contributed by atoms with van der Waals surface area (Å²) in [6, 6.07) is 20.7. The summed E-state index contributed by atoms with van der Waals surface area (Å²) in [5.41, 5.74) is 3.56. The Hall–Kier alpha value is -3.12. The fraction of sp³-hybridized carbons (Fsp3) is 0.136. The molecule has 0 heterocycles. The van der Waals surface area contributed by atoms with Crippen LogP contribution >= 0.6 is 0 Å². The number of carboxylic acids is 1. The topological polar surface area (TPSA) is 83.5 Å². The van der Waals surface area contributed by atoms with Crippen LogP contribution in [0.5, 0.6) is 0 Å². The van der Waals surface area contributed by atoms with Gasteiger partial charge in [-0.3, -0.25) is 4.72 Å². The molecule has 144 valence electrons. The van der Waals surface area contributed by atoms with Crippen molar-refractivity contribution in [2.75, 3.05) is 4.72 Å². The molecule has 0 aliphatic rings. The van der Waals surface area contributed by atoms with Crippen LogP contribution in [0.25, 0.3) is 0 Å². The van der Waals surface area contributed by atoms with Gasteiger partial charge in [0.2, 0.25) is 0 Å². The van der Waals surface area contributed by atoms with Crippen LogP contribution < -0.4 is 4.72 Å². The molecule has 0 saturated heterocycles. The van der Waals surface area contributed by atoms with Crippen molar-refractivity contribution >= 4 is 21.7 Å². The number of benzene rings is 3. The van der Waals surface area contributed by atoms with Crippen molar-refractivity contribution in [1.29, 1.82) is 0 Å². The Kier molecular flexibility index (Phi) is 5.80. The number of anilines is 1. The summed E-state index contributed by atoms with van der Waals surface area (Å²) in [5.74, 6) is -0.934. The number of rotatable bonds is 7. The molecule has 0 radical (unpaired) electrons. The van der Waals surface area contributed by atoms with Crippen LogP contribution in [0.2, 0.25) is 0 Å². The number of sulfonamides is 1. The van der Waals surface area contributed by atoms with E-state index >= 15 is 0 Å². The standard InChI is InChI=1S/C22H21NO4S/c1-16-6-14-20(15-7-16)28(26,27)23-19-12-9-17(10-13-19)8-11-18-4-2-3-5-21(18)22(24)25/h2-7,9-10,12-15,23H,8,11H2,1H3,(H,24,25). The summed E-state index contributed by atoms with van der Waals surface area (Å²) in [5, 5.41) is 9.25. The molecule has 6 heteroatoms. The molecule has 0 unspecified atom stereocenters. The molecule has 0 amide bonds. The highest BCUT2D eigenvalue weighted by Gasteiger charge is 2.14. The molecule has 0 aliphatic heterocycles. The van der Waals surface area contributed by atoms with E-state index in [1.54, 1.807) is 48.5 Å². The SMILES string of the molecule is Cc1ccc(S(=O)(=O)Nc2ccc(CCc3ccccc3C(=O)O)cc2)cc1. The summed E-state index contributed by atoms with van der Waals surface area (Å²) < 4.78 is 27.5. The second kappa shape index (κ2) is 8.27. The van der Waals surface area contributed by atoms with Crippen LogP contribution in [0.4, 0.5) is 5.69 Å². The van der Waals surface area contributed by atoms with Crippen molar-refractivity contribution in [3.63, 3.8) is 0 Å². The number of carbonyl (C=O) groups is 1. The van der Waals surface area contributed by atoms with Crippen LogP contribution in [-0.2, 0) is 22.9 Å². The Balaban J connectivity index is 1.67. The van der Waals surface area contributed by atoms with Crippen LogP contribution in [0.3, 0.4) is 0 Å². The van der Waals surface area contributed by atoms with Crippen molar-refractivity contribution in [2.45, 2.75) is 24.7 Å². The van der Waals surface area contributed by atoms with E-state index in [4.69, 9.17) is 0 Å². The maximum absolute atomic E-state index is 12.4. The van der Waals surface area contributed by atoms with Gasteiger partial charge >= 0.3 is 5.97 Å². The number of hydrogen-bond donors (Lipinski definition) is 2. The molecule has 0 fully saturated rings. The second-order valence-corrected chi connectivity index (χ2v) is 8.26. The lowest BCUT2D eigenvalue weighted by Crippen LogP contribution is -2.12. The quantitative estimate of drug-likeness (QED) is 0.625. The first-order chi connectivity index (χ1) is 13.3. The van der Waals surface area contributed by atoms with E-state index in [9.17, 15) is 18.3 Å². The molecule has 0 bridgehead atoms. The zero-order valence-electron chi connectivity index (χ0n) is 15.4. The summed E-state index contributed by atoms with van der Waals surface area (Å²) in [6.07, 6.45) is 1.26. The van der Waals surface area contributed by atoms with E-state index in [1.165, 1.54) is 0 Å². The van der Waals surface area contributed by atoms with Gasteiger partial charge in [0.15, 0.2) is 0 Å². The van der Waals surface area contributed by atoms with Crippen LogP contribution in [0, 0.1) is 6.92 Å². The van der Waals surface area contributed by atoms with Crippen LogP contribution in [0.15, 0.2) is 77.7 Å². The first-order valence-electron chi connectivity index (χ1n) is 8.85. The first-order valence-corrected chi connectivity index (χ1v) is 10.3. The zero-order chi connectivity index (χ0) is 20.1. The third kappa shape index (κ3) is 4.78. The molecule has 0 aliphatic carbocycles. The molecular weight excluding hydrogens is 374 g/mol. The van der Waals surface area contributed by atoms with Crippen molar-refractivity contribution in [1.82, 2.24) is 0 Å². The molecule has 28 heavy (non-hydrogen) atoms. The van der Waals surface area contributed by atoms with Gasteiger partial charge in [-0.2, -0.15) is 0 Å². The monoisotopic (exact) mass is 395 g/mol. The van der Waals surface area contributed by atoms with Crippen molar-refractivity contribution in [3.8, 4) is 0 Å². The maximum atomic E-state index is 12.4. The summed E-state index contributed by atoms with van der Waals surface area (Å²) in [7, 11) is -3.63. The zero-order valence-corrected chi connectivity index (χ0v) is 16.2. The van der Waals surface area contributed by atoms with E-state index < -0.39 is 16.0 Å². The lowest BCUT2D eigenvalue weighted by atomic mass is 10.00. The molecular formula is C22H21NO4S. The first kappa shape index (κ1) is 19.6. The van der Waals surface area contributed by atoms with Gasteiger partial charge in [-0.25, -0.2) is 13.2 Å². The Bertz CT molecular complexity index is 1070. The van der Waals surface area contributed by atoms with E-state index in [1.807, 2.05) is 31.2 Å². The molecule has 0 aromatic heterocycles. The largest absolute Gasteiger partial charge is 0.478 e. The molecule has 2 N–H and O–H groups in total. The fourth-order valence-corrected chi connectivity index (χ4v) is 3.96.